The van der Waals surface area contributed by atoms with E-state index in [2.05, 4.69) is 20.5 Å². The lowest BCUT2D eigenvalue weighted by Gasteiger charge is -2.05. The van der Waals surface area contributed by atoms with Gasteiger partial charge in [0.1, 0.15) is 10.8 Å². The van der Waals surface area contributed by atoms with Crippen molar-refractivity contribution in [3.8, 4) is 10.6 Å². The monoisotopic (exact) mass is 288 g/mol. The first kappa shape index (κ1) is 12.9. The van der Waals surface area contributed by atoms with Gasteiger partial charge in [0.25, 0.3) is 0 Å². The molecule has 0 aliphatic carbocycles. The first-order chi connectivity index (χ1) is 9.67. The van der Waals surface area contributed by atoms with Crippen LogP contribution in [0.1, 0.15) is 12.6 Å². The first-order valence-corrected chi connectivity index (χ1v) is 7.13. The summed E-state index contributed by atoms with van der Waals surface area (Å²) in [6.45, 7) is 4.71. The zero-order chi connectivity index (χ0) is 14.1. The Balaban J connectivity index is 2.20. The molecule has 0 spiro atoms. The molecule has 0 aliphatic heterocycles. The molecule has 2 aromatic heterocycles. The molecule has 0 atom stereocenters. The number of rotatable bonds is 3. The lowest BCUT2D eigenvalue weighted by Crippen LogP contribution is -1.94. The van der Waals surface area contributed by atoms with Gasteiger partial charge in [0, 0.05) is 23.2 Å². The second-order valence-corrected chi connectivity index (χ2v) is 5.39. The van der Waals surface area contributed by atoms with Crippen LogP contribution in [0.15, 0.2) is 24.3 Å². The molecule has 20 heavy (non-hydrogen) atoms. The van der Waals surface area contributed by atoms with Gasteiger partial charge in [0.15, 0.2) is 0 Å². The number of hydrogen-bond acceptors (Lipinski definition) is 5. The molecule has 2 heterocycles. The Kier molecular flexibility index (Phi) is 3.31. The third-order valence-corrected chi connectivity index (χ3v) is 3.80. The van der Waals surface area contributed by atoms with E-state index in [1.165, 1.54) is 23.5 Å². The molecule has 0 radical (unpaired) electrons. The van der Waals surface area contributed by atoms with Crippen LogP contribution in [0.2, 0.25) is 0 Å². The van der Waals surface area contributed by atoms with Crippen LogP contribution >= 0.6 is 11.3 Å². The highest BCUT2D eigenvalue weighted by Gasteiger charge is 2.12. The highest BCUT2D eigenvalue weighted by atomic mass is 32.1. The standard InChI is InChI=1S/C14H13FN4S/c1-3-16-14-19-18-13(20-14)11-6-8(2)17-12-5-4-9(15)7-10(11)12/h4-7H,3H2,1-2H3,(H,16,19). The zero-order valence-electron chi connectivity index (χ0n) is 11.1. The highest BCUT2D eigenvalue weighted by molar-refractivity contribution is 7.18. The van der Waals surface area contributed by atoms with E-state index < -0.39 is 0 Å². The van der Waals surface area contributed by atoms with Crippen LogP contribution < -0.4 is 5.32 Å². The predicted molar refractivity (Wildman–Crippen MR) is 79.5 cm³/mol. The van der Waals surface area contributed by atoms with Crippen LogP contribution in [0.25, 0.3) is 21.5 Å². The maximum Gasteiger partial charge on any atom is 0.205 e. The first-order valence-electron chi connectivity index (χ1n) is 6.32. The fourth-order valence-electron chi connectivity index (χ4n) is 2.06. The summed E-state index contributed by atoms with van der Waals surface area (Å²) in [5.74, 6) is -0.277. The van der Waals surface area contributed by atoms with Gasteiger partial charge < -0.3 is 5.32 Å². The van der Waals surface area contributed by atoms with E-state index >= 15 is 0 Å². The summed E-state index contributed by atoms with van der Waals surface area (Å²) >= 11 is 1.46. The summed E-state index contributed by atoms with van der Waals surface area (Å²) in [5, 5.41) is 13.7. The van der Waals surface area contributed by atoms with Crippen molar-refractivity contribution in [2.24, 2.45) is 0 Å². The smallest absolute Gasteiger partial charge is 0.205 e. The SMILES string of the molecule is CCNc1nnc(-c2cc(C)nc3ccc(F)cc23)s1. The molecular weight excluding hydrogens is 275 g/mol. The molecule has 0 bridgehead atoms. The maximum atomic E-state index is 13.5. The lowest BCUT2D eigenvalue weighted by molar-refractivity contribution is 0.629. The Hall–Kier alpha value is -2.08. The van der Waals surface area contributed by atoms with Gasteiger partial charge in [0.05, 0.1) is 5.52 Å². The van der Waals surface area contributed by atoms with Crippen LogP contribution in [-0.4, -0.2) is 21.7 Å². The summed E-state index contributed by atoms with van der Waals surface area (Å²) in [4.78, 5) is 4.42. The predicted octanol–water partition coefficient (Wildman–Crippen LogP) is 3.63. The number of halogens is 1. The van der Waals surface area contributed by atoms with Gasteiger partial charge in [-0.05, 0) is 38.1 Å². The van der Waals surface area contributed by atoms with Crippen molar-refractivity contribution in [2.45, 2.75) is 13.8 Å². The second kappa shape index (κ2) is 5.13. The fourth-order valence-corrected chi connectivity index (χ4v) is 2.90. The molecule has 3 aromatic rings. The zero-order valence-corrected chi connectivity index (χ0v) is 12.0. The lowest BCUT2D eigenvalue weighted by atomic mass is 10.1. The molecule has 1 aromatic carbocycles. The molecule has 0 amide bonds. The number of aryl methyl sites for hydroxylation is 1. The van der Waals surface area contributed by atoms with Crippen molar-refractivity contribution in [3.63, 3.8) is 0 Å². The second-order valence-electron chi connectivity index (χ2n) is 4.42. The Labute approximate surface area is 119 Å². The average Bonchev–Trinajstić information content (AvgIpc) is 2.87. The quantitative estimate of drug-likeness (QED) is 0.799. The molecular formula is C14H13FN4S. The van der Waals surface area contributed by atoms with Crippen molar-refractivity contribution in [2.75, 3.05) is 11.9 Å². The molecule has 1 N–H and O–H groups in total. The summed E-state index contributed by atoms with van der Waals surface area (Å²) in [6, 6.07) is 6.51. The Morgan fingerprint density at radius 3 is 2.90 bits per heavy atom. The molecule has 6 heteroatoms. The molecule has 0 fully saturated rings. The minimum absolute atomic E-state index is 0.277. The topological polar surface area (TPSA) is 50.7 Å². The van der Waals surface area contributed by atoms with E-state index in [9.17, 15) is 4.39 Å². The fraction of sp³-hybridized carbons (Fsp3) is 0.214. The van der Waals surface area contributed by atoms with Crippen molar-refractivity contribution in [1.29, 1.82) is 0 Å². The van der Waals surface area contributed by atoms with Crippen molar-refractivity contribution in [1.82, 2.24) is 15.2 Å². The van der Waals surface area contributed by atoms with Gasteiger partial charge in [-0.3, -0.25) is 4.98 Å². The molecule has 0 saturated heterocycles. The van der Waals surface area contributed by atoms with E-state index in [-0.39, 0.29) is 5.82 Å². The molecule has 4 nitrogen and oxygen atoms in total. The largest absolute Gasteiger partial charge is 0.360 e. The minimum atomic E-state index is -0.277. The van der Waals surface area contributed by atoms with Gasteiger partial charge in [-0.15, -0.1) is 10.2 Å². The average molecular weight is 288 g/mol. The summed E-state index contributed by atoms with van der Waals surface area (Å²) in [5.41, 5.74) is 2.51. The Bertz CT molecular complexity index is 769. The van der Waals surface area contributed by atoms with Crippen molar-refractivity contribution >= 4 is 27.4 Å². The maximum absolute atomic E-state index is 13.5. The number of aromatic nitrogens is 3. The minimum Gasteiger partial charge on any atom is -0.360 e. The normalized spacial score (nSPS) is 10.9. The summed E-state index contributed by atoms with van der Waals surface area (Å²) < 4.78 is 13.5. The third kappa shape index (κ3) is 2.34. The molecule has 0 unspecified atom stereocenters. The van der Waals surface area contributed by atoms with Gasteiger partial charge in [0.2, 0.25) is 5.13 Å². The van der Waals surface area contributed by atoms with Gasteiger partial charge in [-0.25, -0.2) is 4.39 Å². The molecule has 0 aliphatic rings. The summed E-state index contributed by atoms with van der Waals surface area (Å²) in [6.07, 6.45) is 0. The number of benzene rings is 1. The molecule has 0 saturated carbocycles. The number of fused-ring (bicyclic) bond motifs is 1. The van der Waals surface area contributed by atoms with Crippen molar-refractivity contribution in [3.05, 3.63) is 35.8 Å². The van der Waals surface area contributed by atoms with Gasteiger partial charge >= 0.3 is 0 Å². The Morgan fingerprint density at radius 1 is 1.25 bits per heavy atom. The summed E-state index contributed by atoms with van der Waals surface area (Å²) in [7, 11) is 0. The number of nitrogens with zero attached hydrogens (tertiary/aromatic N) is 3. The number of nitrogens with one attached hydrogen (secondary N) is 1. The third-order valence-electron chi connectivity index (χ3n) is 2.88. The number of anilines is 1. The van der Waals surface area contributed by atoms with E-state index in [1.54, 1.807) is 6.07 Å². The van der Waals surface area contributed by atoms with Gasteiger partial charge in [-0.1, -0.05) is 11.3 Å². The van der Waals surface area contributed by atoms with E-state index in [0.29, 0.717) is 0 Å². The van der Waals surface area contributed by atoms with E-state index in [1.807, 2.05) is 19.9 Å². The number of pyridine rings is 1. The van der Waals surface area contributed by atoms with Crippen LogP contribution in [-0.2, 0) is 0 Å². The van der Waals surface area contributed by atoms with Crippen LogP contribution in [0, 0.1) is 12.7 Å². The Morgan fingerprint density at radius 2 is 2.10 bits per heavy atom. The molecule has 3 rings (SSSR count). The van der Waals surface area contributed by atoms with Crippen molar-refractivity contribution < 1.29 is 4.39 Å². The van der Waals surface area contributed by atoms with E-state index in [0.717, 1.165) is 38.8 Å². The molecule has 102 valence electrons. The van der Waals surface area contributed by atoms with Crippen LogP contribution in [0.4, 0.5) is 9.52 Å². The highest BCUT2D eigenvalue weighted by Crippen LogP contribution is 2.32. The number of hydrogen-bond donors (Lipinski definition) is 1. The van der Waals surface area contributed by atoms with Gasteiger partial charge in [-0.2, -0.15) is 0 Å². The van der Waals surface area contributed by atoms with E-state index in [4.69, 9.17) is 0 Å². The van der Waals surface area contributed by atoms with Crippen LogP contribution in [0.5, 0.6) is 0 Å². The van der Waals surface area contributed by atoms with Crippen LogP contribution in [0.3, 0.4) is 0 Å².